The predicted molar refractivity (Wildman–Crippen MR) is 154 cm³/mol. The molecule has 0 bridgehead atoms. The van der Waals surface area contributed by atoms with Crippen LogP contribution < -0.4 is 11.1 Å². The second-order valence-corrected chi connectivity index (χ2v) is 11.4. The lowest BCUT2D eigenvalue weighted by molar-refractivity contribution is -0.116. The SMILES string of the molecule is CCS(=O)(=O)c1ccc(-c2cc(-c3ccc(F)cc3)c3oc(CNC(=O)C=Cc4ccc(N)nc4)cc3c2)cc1. The molecule has 2 aromatic heterocycles. The number of hydrogen-bond donors (Lipinski definition) is 2. The minimum Gasteiger partial charge on any atom is -0.459 e. The van der Waals surface area contributed by atoms with Crippen LogP contribution in [0.4, 0.5) is 10.2 Å². The number of amides is 1. The molecule has 3 N–H and O–H groups in total. The molecule has 0 saturated carbocycles. The summed E-state index contributed by atoms with van der Waals surface area (Å²) in [5, 5.41) is 3.60. The van der Waals surface area contributed by atoms with E-state index in [0.29, 0.717) is 17.2 Å². The summed E-state index contributed by atoms with van der Waals surface area (Å²) in [7, 11) is -3.32. The number of furan rings is 1. The number of pyridine rings is 1. The Labute approximate surface area is 231 Å². The molecular weight excluding hydrogens is 529 g/mol. The van der Waals surface area contributed by atoms with Crippen LogP contribution in [0.15, 0.2) is 100 Å². The fraction of sp³-hybridized carbons (Fsp3) is 0.0968. The number of rotatable bonds is 8. The zero-order valence-electron chi connectivity index (χ0n) is 21.6. The number of nitrogens with one attached hydrogen (secondary N) is 1. The molecule has 1 amide bonds. The fourth-order valence-electron chi connectivity index (χ4n) is 4.25. The van der Waals surface area contributed by atoms with Crippen molar-refractivity contribution in [2.45, 2.75) is 18.4 Å². The van der Waals surface area contributed by atoms with Crippen LogP contribution >= 0.6 is 0 Å². The van der Waals surface area contributed by atoms with E-state index in [9.17, 15) is 17.6 Å². The minimum absolute atomic E-state index is 0.0235. The molecule has 40 heavy (non-hydrogen) atoms. The molecule has 0 aliphatic carbocycles. The van der Waals surface area contributed by atoms with E-state index < -0.39 is 9.84 Å². The van der Waals surface area contributed by atoms with Crippen molar-refractivity contribution in [3.8, 4) is 22.3 Å². The zero-order chi connectivity index (χ0) is 28.3. The Balaban J connectivity index is 1.45. The van der Waals surface area contributed by atoms with E-state index in [1.807, 2.05) is 18.2 Å². The van der Waals surface area contributed by atoms with Gasteiger partial charge in [0.2, 0.25) is 5.91 Å². The summed E-state index contributed by atoms with van der Waals surface area (Å²) in [4.78, 5) is 16.6. The van der Waals surface area contributed by atoms with Gasteiger partial charge in [-0.25, -0.2) is 17.8 Å². The highest BCUT2D eigenvalue weighted by Crippen LogP contribution is 2.36. The molecule has 0 aliphatic heterocycles. The number of carbonyl (C=O) groups excluding carboxylic acids is 1. The molecule has 2 heterocycles. The number of sulfone groups is 1. The zero-order valence-corrected chi connectivity index (χ0v) is 22.4. The molecule has 0 unspecified atom stereocenters. The van der Waals surface area contributed by atoms with Crippen LogP contribution in [0.3, 0.4) is 0 Å². The number of aromatic nitrogens is 1. The van der Waals surface area contributed by atoms with Gasteiger partial charge in [0.25, 0.3) is 0 Å². The first kappa shape index (κ1) is 26.8. The summed E-state index contributed by atoms with van der Waals surface area (Å²) in [6.45, 7) is 1.76. The Morgan fingerprint density at radius 3 is 2.38 bits per heavy atom. The van der Waals surface area contributed by atoms with Crippen molar-refractivity contribution < 1.29 is 22.0 Å². The second-order valence-electron chi connectivity index (χ2n) is 9.16. The number of anilines is 1. The van der Waals surface area contributed by atoms with Crippen LogP contribution in [0, 0.1) is 5.82 Å². The van der Waals surface area contributed by atoms with Gasteiger partial charge in [-0.15, -0.1) is 0 Å². The van der Waals surface area contributed by atoms with Crippen LogP contribution in [-0.2, 0) is 21.2 Å². The minimum atomic E-state index is -3.32. The van der Waals surface area contributed by atoms with Crippen LogP contribution in [-0.4, -0.2) is 25.1 Å². The third-order valence-corrected chi connectivity index (χ3v) is 8.17. The Kier molecular flexibility index (Phi) is 7.48. The van der Waals surface area contributed by atoms with Crippen molar-refractivity contribution in [2.75, 3.05) is 11.5 Å². The van der Waals surface area contributed by atoms with Gasteiger partial charge in [-0.1, -0.05) is 31.2 Å². The van der Waals surface area contributed by atoms with Gasteiger partial charge in [-0.3, -0.25) is 4.79 Å². The molecule has 0 fully saturated rings. The van der Waals surface area contributed by atoms with Gasteiger partial charge < -0.3 is 15.5 Å². The first-order valence-electron chi connectivity index (χ1n) is 12.5. The molecule has 3 aromatic carbocycles. The number of halogens is 1. The normalized spacial score (nSPS) is 11.8. The van der Waals surface area contributed by atoms with Crippen LogP contribution in [0.1, 0.15) is 18.2 Å². The van der Waals surface area contributed by atoms with Crippen LogP contribution in [0.25, 0.3) is 39.3 Å². The van der Waals surface area contributed by atoms with Gasteiger partial charge in [0, 0.05) is 23.2 Å². The number of nitrogens with zero attached hydrogens (tertiary/aromatic N) is 1. The van der Waals surface area contributed by atoms with Crippen molar-refractivity contribution >= 4 is 38.6 Å². The molecule has 0 atom stereocenters. The maximum Gasteiger partial charge on any atom is 0.244 e. The molecular formula is C31H26FN3O4S. The predicted octanol–water partition coefficient (Wildman–Crippen LogP) is 6.01. The van der Waals surface area contributed by atoms with Gasteiger partial charge in [0.15, 0.2) is 9.84 Å². The Bertz CT molecular complexity index is 1810. The Morgan fingerprint density at radius 1 is 0.975 bits per heavy atom. The van der Waals surface area contributed by atoms with Gasteiger partial charge in [0.1, 0.15) is 23.0 Å². The summed E-state index contributed by atoms with van der Waals surface area (Å²) in [6.07, 6.45) is 4.61. The average Bonchev–Trinajstić information content (AvgIpc) is 3.39. The summed E-state index contributed by atoms with van der Waals surface area (Å²) in [6, 6.07) is 22.0. The quantitative estimate of drug-likeness (QED) is 0.227. The monoisotopic (exact) mass is 555 g/mol. The number of benzene rings is 3. The van der Waals surface area contributed by atoms with E-state index in [1.165, 1.54) is 18.2 Å². The lowest BCUT2D eigenvalue weighted by atomic mass is 9.97. The first-order chi connectivity index (χ1) is 19.2. The molecule has 202 valence electrons. The standard InChI is InChI=1S/C31H26FN3O4S/c1-2-40(37,38)27-11-7-21(8-12-27)23-15-24-16-26(19-35-30(36)14-4-20-3-13-29(33)34-18-20)39-31(24)28(17-23)22-5-9-25(32)10-6-22/h3-18H,2,19H2,1H3,(H2,33,34)(H,35,36). The highest BCUT2D eigenvalue weighted by atomic mass is 32.2. The van der Waals surface area contributed by atoms with Gasteiger partial charge in [0.05, 0.1) is 17.2 Å². The number of carbonyl (C=O) groups is 1. The third kappa shape index (κ3) is 5.94. The molecule has 7 nitrogen and oxygen atoms in total. The molecule has 9 heteroatoms. The van der Waals surface area contributed by atoms with Gasteiger partial charge >= 0.3 is 0 Å². The maximum atomic E-state index is 13.7. The van der Waals surface area contributed by atoms with Gasteiger partial charge in [-0.2, -0.15) is 0 Å². The van der Waals surface area contributed by atoms with E-state index in [-0.39, 0.29) is 28.9 Å². The summed E-state index contributed by atoms with van der Waals surface area (Å²) in [5.41, 5.74) is 10.1. The highest BCUT2D eigenvalue weighted by Gasteiger charge is 2.15. The van der Waals surface area contributed by atoms with E-state index in [1.54, 1.807) is 67.7 Å². The summed E-state index contributed by atoms with van der Waals surface area (Å²) < 4.78 is 44.3. The largest absolute Gasteiger partial charge is 0.459 e. The van der Waals surface area contributed by atoms with Crippen molar-refractivity contribution in [3.05, 3.63) is 108 Å². The molecule has 5 rings (SSSR count). The maximum absolute atomic E-state index is 13.7. The van der Waals surface area contributed by atoms with E-state index in [0.717, 1.165) is 33.2 Å². The fourth-order valence-corrected chi connectivity index (χ4v) is 5.13. The van der Waals surface area contributed by atoms with Crippen molar-refractivity contribution in [3.63, 3.8) is 0 Å². The third-order valence-electron chi connectivity index (χ3n) is 6.42. The van der Waals surface area contributed by atoms with Crippen molar-refractivity contribution in [1.29, 1.82) is 0 Å². The van der Waals surface area contributed by atoms with E-state index >= 15 is 0 Å². The summed E-state index contributed by atoms with van der Waals surface area (Å²) >= 11 is 0. The smallest absolute Gasteiger partial charge is 0.244 e. The Morgan fingerprint density at radius 2 is 1.70 bits per heavy atom. The lowest BCUT2D eigenvalue weighted by Crippen LogP contribution is -2.19. The van der Waals surface area contributed by atoms with Crippen molar-refractivity contribution in [1.82, 2.24) is 10.3 Å². The molecule has 0 aliphatic rings. The van der Waals surface area contributed by atoms with Crippen LogP contribution in [0.5, 0.6) is 0 Å². The molecule has 0 spiro atoms. The topological polar surface area (TPSA) is 115 Å². The molecule has 5 aromatic rings. The number of fused-ring (bicyclic) bond motifs is 1. The number of nitrogens with two attached hydrogens (primary N) is 1. The second kappa shape index (κ2) is 11.2. The van der Waals surface area contributed by atoms with Crippen molar-refractivity contribution in [2.24, 2.45) is 0 Å². The van der Waals surface area contributed by atoms with E-state index in [4.69, 9.17) is 10.2 Å². The molecule has 0 saturated heterocycles. The number of hydrogen-bond acceptors (Lipinski definition) is 6. The van der Waals surface area contributed by atoms with Crippen LogP contribution in [0.2, 0.25) is 0 Å². The van der Waals surface area contributed by atoms with E-state index in [2.05, 4.69) is 10.3 Å². The molecule has 0 radical (unpaired) electrons. The first-order valence-corrected chi connectivity index (χ1v) is 14.2. The lowest BCUT2D eigenvalue weighted by Gasteiger charge is -2.09. The van der Waals surface area contributed by atoms with Gasteiger partial charge in [-0.05, 0) is 82.9 Å². The highest BCUT2D eigenvalue weighted by molar-refractivity contribution is 7.91. The average molecular weight is 556 g/mol. The number of nitrogen functional groups attached to an aromatic ring is 1. The summed E-state index contributed by atoms with van der Waals surface area (Å²) in [5.74, 6) is 0.302. The Hall–Kier alpha value is -4.76.